The fraction of sp³-hybridized carbons (Fsp3) is 0.579. The lowest BCUT2D eigenvalue weighted by atomic mass is 9.65. The first kappa shape index (κ1) is 17.1. The van der Waals surface area contributed by atoms with Gasteiger partial charge in [0.15, 0.2) is 0 Å². The topological polar surface area (TPSA) is 115 Å². The van der Waals surface area contributed by atoms with Crippen molar-refractivity contribution in [2.24, 2.45) is 10.8 Å². The third-order valence-electron chi connectivity index (χ3n) is 5.54. The number of aromatic amines is 1. The van der Waals surface area contributed by atoms with Crippen LogP contribution in [0.3, 0.4) is 0 Å². The molecule has 1 aromatic rings. The van der Waals surface area contributed by atoms with E-state index >= 15 is 0 Å². The highest BCUT2D eigenvalue weighted by Gasteiger charge is 2.53. The Hall–Kier alpha value is -2.78. The Balaban J connectivity index is 2.15. The zero-order valence-corrected chi connectivity index (χ0v) is 15.0. The second kappa shape index (κ2) is 5.64. The SMILES string of the molecule is CC1(C)C[C@@H]2C[C@@](C)(CN2c2[nH+]c(N)c(C#N)c(CC#N)c2C#N)C1. The van der Waals surface area contributed by atoms with Gasteiger partial charge in [0.25, 0.3) is 0 Å². The van der Waals surface area contributed by atoms with E-state index in [-0.39, 0.29) is 28.6 Å². The first-order chi connectivity index (χ1) is 11.7. The molecule has 6 nitrogen and oxygen atoms in total. The van der Waals surface area contributed by atoms with Crippen LogP contribution in [-0.2, 0) is 6.42 Å². The average molecular weight is 335 g/mol. The summed E-state index contributed by atoms with van der Waals surface area (Å²) in [5, 5.41) is 28.3. The molecule has 2 aliphatic rings. The van der Waals surface area contributed by atoms with Gasteiger partial charge >= 0.3 is 0 Å². The number of rotatable bonds is 2. The van der Waals surface area contributed by atoms with E-state index in [1.807, 2.05) is 6.07 Å². The number of hydrogen-bond acceptors (Lipinski definition) is 5. The summed E-state index contributed by atoms with van der Waals surface area (Å²) < 4.78 is 0. The number of hydrogen-bond donors (Lipinski definition) is 1. The van der Waals surface area contributed by atoms with Crippen LogP contribution in [0.15, 0.2) is 0 Å². The Morgan fingerprint density at radius 2 is 1.84 bits per heavy atom. The Kier molecular flexibility index (Phi) is 3.85. The summed E-state index contributed by atoms with van der Waals surface area (Å²) in [5.41, 5.74) is 7.53. The molecule has 0 radical (unpaired) electrons. The van der Waals surface area contributed by atoms with Crippen molar-refractivity contribution >= 4 is 11.6 Å². The molecule has 0 unspecified atom stereocenters. The molecular formula is C19H23N6+. The summed E-state index contributed by atoms with van der Waals surface area (Å²) in [4.78, 5) is 5.34. The number of nitriles is 3. The van der Waals surface area contributed by atoms with E-state index in [0.717, 1.165) is 25.8 Å². The molecule has 1 saturated carbocycles. The van der Waals surface area contributed by atoms with Crippen LogP contribution in [0.5, 0.6) is 0 Å². The van der Waals surface area contributed by atoms with E-state index < -0.39 is 0 Å². The monoisotopic (exact) mass is 335 g/mol. The molecule has 1 aliphatic heterocycles. The standard InChI is InChI=1S/C19H22N6/c1-18(2)6-12-7-19(3,10-18)11-25(12)17-15(9-22)13(4-5-20)14(8-21)16(23)24-17/h12H,4,6-7,10-11H2,1-3H3,(H2,23,24)/p+1/t12-,19-/m1/s1. The van der Waals surface area contributed by atoms with Gasteiger partial charge in [-0.15, -0.1) is 0 Å². The first-order valence-corrected chi connectivity index (χ1v) is 8.55. The molecule has 2 bridgehead atoms. The van der Waals surface area contributed by atoms with Crippen molar-refractivity contribution in [2.45, 2.75) is 52.5 Å². The average Bonchev–Trinajstić information content (AvgIpc) is 2.76. The summed E-state index contributed by atoms with van der Waals surface area (Å²) in [6, 6.07) is 6.63. The van der Waals surface area contributed by atoms with Gasteiger partial charge in [-0.25, -0.2) is 4.98 Å². The van der Waals surface area contributed by atoms with Crippen molar-refractivity contribution in [2.75, 3.05) is 17.2 Å². The molecule has 2 atom stereocenters. The minimum atomic E-state index is -0.00106. The number of aromatic nitrogens is 1. The normalized spacial score (nSPS) is 26.6. The van der Waals surface area contributed by atoms with Gasteiger partial charge in [-0.2, -0.15) is 15.8 Å². The minimum absolute atomic E-state index is 0.00106. The quantitative estimate of drug-likeness (QED) is 0.890. The van der Waals surface area contributed by atoms with E-state index in [1.54, 1.807) is 0 Å². The maximum Gasteiger partial charge on any atom is 0.240 e. The number of nitrogen functional groups attached to an aromatic ring is 1. The lowest BCUT2D eigenvalue weighted by Gasteiger charge is -2.38. The van der Waals surface area contributed by atoms with Crippen LogP contribution in [0.25, 0.3) is 0 Å². The largest absolute Gasteiger partial charge is 0.318 e. The Labute approximate surface area is 148 Å². The first-order valence-electron chi connectivity index (χ1n) is 8.55. The summed E-state index contributed by atoms with van der Waals surface area (Å²) in [5.74, 6) is 0.892. The summed E-state index contributed by atoms with van der Waals surface area (Å²) in [7, 11) is 0. The predicted octanol–water partition coefficient (Wildman–Crippen LogP) is 2.30. The molecule has 1 saturated heterocycles. The van der Waals surface area contributed by atoms with Crippen molar-refractivity contribution in [3.63, 3.8) is 0 Å². The van der Waals surface area contributed by atoms with Gasteiger partial charge in [0, 0.05) is 11.0 Å². The zero-order chi connectivity index (χ0) is 18.4. The van der Waals surface area contributed by atoms with Crippen LogP contribution in [-0.4, -0.2) is 12.6 Å². The maximum atomic E-state index is 9.75. The van der Waals surface area contributed by atoms with Gasteiger partial charge in [0.05, 0.1) is 25.1 Å². The molecule has 3 N–H and O–H groups in total. The highest BCUT2D eigenvalue weighted by atomic mass is 15.3. The molecular weight excluding hydrogens is 312 g/mol. The van der Waals surface area contributed by atoms with E-state index in [0.29, 0.717) is 23.0 Å². The van der Waals surface area contributed by atoms with Crippen LogP contribution in [0, 0.1) is 44.8 Å². The van der Waals surface area contributed by atoms with Crippen molar-refractivity contribution in [1.29, 1.82) is 15.8 Å². The zero-order valence-electron chi connectivity index (χ0n) is 15.0. The molecule has 25 heavy (non-hydrogen) atoms. The van der Waals surface area contributed by atoms with Crippen molar-refractivity contribution in [3.05, 3.63) is 16.7 Å². The molecule has 128 valence electrons. The maximum absolute atomic E-state index is 9.75. The fourth-order valence-corrected chi connectivity index (χ4v) is 5.12. The molecule has 0 spiro atoms. The molecule has 6 heteroatoms. The third kappa shape index (κ3) is 2.77. The van der Waals surface area contributed by atoms with Gasteiger partial charge in [0.1, 0.15) is 23.3 Å². The molecule has 0 amide bonds. The van der Waals surface area contributed by atoms with Crippen LogP contribution < -0.4 is 15.6 Å². The van der Waals surface area contributed by atoms with Gasteiger partial charge in [-0.05, 0) is 24.7 Å². The molecule has 1 aliphatic carbocycles. The Morgan fingerprint density at radius 3 is 2.44 bits per heavy atom. The van der Waals surface area contributed by atoms with Gasteiger partial charge in [-0.1, -0.05) is 20.8 Å². The van der Waals surface area contributed by atoms with Crippen LogP contribution in [0.2, 0.25) is 0 Å². The smallest absolute Gasteiger partial charge is 0.240 e. The number of nitrogens with two attached hydrogens (primary N) is 1. The number of nitrogens with one attached hydrogen (secondary N) is 1. The Morgan fingerprint density at radius 1 is 1.16 bits per heavy atom. The highest BCUT2D eigenvalue weighted by molar-refractivity contribution is 5.65. The minimum Gasteiger partial charge on any atom is -0.318 e. The molecule has 3 rings (SSSR count). The third-order valence-corrected chi connectivity index (χ3v) is 5.54. The fourth-order valence-electron chi connectivity index (χ4n) is 5.12. The van der Waals surface area contributed by atoms with Gasteiger partial charge < -0.3 is 5.73 Å². The summed E-state index contributed by atoms with van der Waals surface area (Å²) in [6.45, 7) is 7.74. The lowest BCUT2D eigenvalue weighted by Crippen LogP contribution is -2.38. The lowest BCUT2D eigenvalue weighted by molar-refractivity contribution is -0.347. The summed E-state index contributed by atoms with van der Waals surface area (Å²) in [6.07, 6.45) is 3.28. The second-order valence-electron chi connectivity index (χ2n) is 8.52. The second-order valence-corrected chi connectivity index (χ2v) is 8.52. The number of H-pyrrole nitrogens is 1. The van der Waals surface area contributed by atoms with Crippen molar-refractivity contribution < 1.29 is 4.98 Å². The van der Waals surface area contributed by atoms with Gasteiger partial charge in [-0.3, -0.25) is 4.90 Å². The van der Waals surface area contributed by atoms with Crippen molar-refractivity contribution in [3.8, 4) is 18.2 Å². The molecule has 2 fully saturated rings. The van der Waals surface area contributed by atoms with Crippen LogP contribution in [0.4, 0.5) is 11.6 Å². The Bertz CT molecular complexity index is 851. The molecule has 0 aromatic carbocycles. The van der Waals surface area contributed by atoms with Crippen molar-refractivity contribution in [1.82, 2.24) is 0 Å². The predicted molar refractivity (Wildman–Crippen MR) is 93.0 cm³/mol. The molecule has 1 aromatic heterocycles. The number of fused-ring (bicyclic) bond motifs is 2. The van der Waals surface area contributed by atoms with E-state index in [1.165, 1.54) is 0 Å². The van der Waals surface area contributed by atoms with E-state index in [9.17, 15) is 10.5 Å². The highest BCUT2D eigenvalue weighted by Crippen LogP contribution is 2.53. The molecule has 2 heterocycles. The van der Waals surface area contributed by atoms with Crippen LogP contribution in [0.1, 0.15) is 56.7 Å². The summed E-state index contributed by atoms with van der Waals surface area (Å²) >= 11 is 0. The van der Waals surface area contributed by atoms with E-state index in [2.05, 4.69) is 42.8 Å². The van der Waals surface area contributed by atoms with Gasteiger partial charge in [0.2, 0.25) is 11.6 Å². The van der Waals surface area contributed by atoms with E-state index in [4.69, 9.17) is 11.0 Å². The number of pyridine rings is 1. The number of anilines is 2. The van der Waals surface area contributed by atoms with Crippen LogP contribution >= 0.6 is 0 Å². The number of nitrogens with zero attached hydrogens (tertiary/aromatic N) is 4.